The maximum absolute atomic E-state index is 10.2. The number of anilines is 2. The monoisotopic (exact) mass is 542 g/mol. The van der Waals surface area contributed by atoms with Gasteiger partial charge in [-0.3, -0.25) is 9.36 Å². The standard InChI is InChI=1S/C28H34N10O2/c1-17-7-6-12-40-27-20(15-31-36(27)5)26-29-10-8-23(33-26)32-24-13-22-19(14-30-24)25(35-38(17)22)21-16-37(34-18(21)2)11-9-28(3,4)39/h8,10,13-17,39H,6-7,9,11-12H2,1-5H3,(H,29,30,32,33). The number of hydrogen-bond acceptors (Lipinski definition) is 9. The molecular formula is C28H34N10O2. The lowest BCUT2D eigenvalue weighted by Gasteiger charge is -2.16. The molecule has 5 aromatic heterocycles. The van der Waals surface area contributed by atoms with Gasteiger partial charge in [-0.15, -0.1) is 0 Å². The molecule has 1 aliphatic heterocycles. The van der Waals surface area contributed by atoms with Gasteiger partial charge in [-0.25, -0.2) is 19.6 Å². The minimum Gasteiger partial charge on any atom is -0.477 e. The number of ether oxygens (including phenoxy) is 1. The molecule has 1 unspecified atom stereocenters. The highest BCUT2D eigenvalue weighted by molar-refractivity contribution is 5.94. The van der Waals surface area contributed by atoms with Crippen LogP contribution in [0.3, 0.4) is 0 Å². The normalized spacial score (nSPS) is 15.8. The summed E-state index contributed by atoms with van der Waals surface area (Å²) in [6.45, 7) is 8.92. The summed E-state index contributed by atoms with van der Waals surface area (Å²) >= 11 is 0. The van der Waals surface area contributed by atoms with E-state index < -0.39 is 5.60 Å². The Morgan fingerprint density at radius 3 is 2.83 bits per heavy atom. The summed E-state index contributed by atoms with van der Waals surface area (Å²) in [4.78, 5) is 13.9. The van der Waals surface area contributed by atoms with Gasteiger partial charge in [-0.1, -0.05) is 0 Å². The summed E-state index contributed by atoms with van der Waals surface area (Å²) in [6, 6.07) is 3.93. The van der Waals surface area contributed by atoms with Crippen LogP contribution in [0.1, 0.15) is 51.8 Å². The predicted molar refractivity (Wildman–Crippen MR) is 151 cm³/mol. The quantitative estimate of drug-likeness (QED) is 0.338. The van der Waals surface area contributed by atoms with Gasteiger partial charge in [0.05, 0.1) is 29.6 Å². The number of aliphatic hydroxyl groups is 1. The van der Waals surface area contributed by atoms with E-state index in [0.717, 1.165) is 46.3 Å². The van der Waals surface area contributed by atoms with Gasteiger partial charge in [0, 0.05) is 55.2 Å². The van der Waals surface area contributed by atoms with Crippen molar-refractivity contribution in [2.24, 2.45) is 7.05 Å². The summed E-state index contributed by atoms with van der Waals surface area (Å²) in [5.41, 5.74) is 3.64. The maximum Gasteiger partial charge on any atom is 0.222 e. The molecule has 2 N–H and O–H groups in total. The zero-order valence-corrected chi connectivity index (χ0v) is 23.5. The summed E-state index contributed by atoms with van der Waals surface area (Å²) in [5.74, 6) is 2.44. The van der Waals surface area contributed by atoms with Crippen molar-refractivity contribution in [2.75, 3.05) is 11.9 Å². The third kappa shape index (κ3) is 5.02. The molecule has 12 nitrogen and oxygen atoms in total. The Morgan fingerprint density at radius 2 is 2.00 bits per heavy atom. The highest BCUT2D eigenvalue weighted by atomic mass is 16.5. The molecule has 1 aliphatic rings. The molecule has 0 amide bonds. The SMILES string of the molecule is Cc1nn(CCC(C)(C)O)cc1-c1nn2c3cc(ncc13)Nc1ccnc(n1)-c1cnn(C)c1OCCCC2C. The van der Waals surface area contributed by atoms with Crippen molar-refractivity contribution in [3.05, 3.63) is 42.6 Å². The average Bonchev–Trinajstić information content (AvgIpc) is 3.59. The van der Waals surface area contributed by atoms with Crippen LogP contribution in [0, 0.1) is 6.92 Å². The Hall–Kier alpha value is -4.32. The van der Waals surface area contributed by atoms with Crippen molar-refractivity contribution < 1.29 is 9.84 Å². The van der Waals surface area contributed by atoms with E-state index in [0.29, 0.717) is 42.9 Å². The topological polar surface area (TPSA) is 134 Å². The number of pyridine rings is 1. The molecule has 0 aromatic carbocycles. The molecule has 4 bridgehead atoms. The number of fused-ring (bicyclic) bond motifs is 5. The van der Waals surface area contributed by atoms with Crippen LogP contribution in [0.25, 0.3) is 33.5 Å². The molecule has 208 valence electrons. The lowest BCUT2D eigenvalue weighted by molar-refractivity contribution is 0.0651. The van der Waals surface area contributed by atoms with E-state index in [9.17, 15) is 5.11 Å². The lowest BCUT2D eigenvalue weighted by Crippen LogP contribution is -2.21. The number of nitrogens with one attached hydrogen (secondary N) is 1. The molecule has 6 rings (SSSR count). The minimum atomic E-state index is -0.760. The maximum atomic E-state index is 10.2. The molecule has 12 heteroatoms. The van der Waals surface area contributed by atoms with Crippen LogP contribution in [0.2, 0.25) is 0 Å². The Bertz CT molecular complexity index is 1680. The van der Waals surface area contributed by atoms with Gasteiger partial charge in [0.1, 0.15) is 22.9 Å². The van der Waals surface area contributed by atoms with Crippen molar-refractivity contribution >= 4 is 22.5 Å². The second-order valence-electron chi connectivity index (χ2n) is 11.1. The third-order valence-corrected chi connectivity index (χ3v) is 7.21. The van der Waals surface area contributed by atoms with Crippen LogP contribution in [0.5, 0.6) is 5.88 Å². The van der Waals surface area contributed by atoms with E-state index in [4.69, 9.17) is 24.9 Å². The molecule has 1 atom stereocenters. The Morgan fingerprint density at radius 1 is 1.15 bits per heavy atom. The highest BCUT2D eigenvalue weighted by Gasteiger charge is 2.22. The Labute approximate surface area is 232 Å². The van der Waals surface area contributed by atoms with Gasteiger partial charge in [-0.05, 0) is 53.0 Å². The van der Waals surface area contributed by atoms with Crippen LogP contribution in [0.4, 0.5) is 11.6 Å². The predicted octanol–water partition coefficient (Wildman–Crippen LogP) is 4.43. The smallest absolute Gasteiger partial charge is 0.222 e. The summed E-state index contributed by atoms with van der Waals surface area (Å²) in [7, 11) is 1.85. The van der Waals surface area contributed by atoms with Crippen LogP contribution < -0.4 is 10.1 Å². The molecule has 0 aliphatic carbocycles. The molecule has 0 spiro atoms. The van der Waals surface area contributed by atoms with Crippen molar-refractivity contribution in [1.82, 2.24) is 44.3 Å². The van der Waals surface area contributed by atoms with Crippen molar-refractivity contribution in [3.63, 3.8) is 0 Å². The summed E-state index contributed by atoms with van der Waals surface area (Å²) in [6.07, 6.45) is 9.60. The average molecular weight is 543 g/mol. The number of rotatable bonds is 4. The van der Waals surface area contributed by atoms with E-state index in [1.807, 2.05) is 51.0 Å². The van der Waals surface area contributed by atoms with Crippen molar-refractivity contribution in [1.29, 1.82) is 0 Å². The highest BCUT2D eigenvalue weighted by Crippen LogP contribution is 2.34. The molecule has 0 saturated carbocycles. The van der Waals surface area contributed by atoms with Gasteiger partial charge >= 0.3 is 0 Å². The van der Waals surface area contributed by atoms with Crippen molar-refractivity contribution in [3.8, 4) is 28.5 Å². The molecule has 0 fully saturated rings. The fraction of sp³-hybridized carbons (Fsp3) is 0.429. The second kappa shape index (κ2) is 10.0. The minimum absolute atomic E-state index is 0.109. The first-order valence-electron chi connectivity index (χ1n) is 13.6. The molecule has 0 radical (unpaired) electrons. The van der Waals surface area contributed by atoms with Gasteiger partial charge in [0.2, 0.25) is 5.88 Å². The number of aryl methyl sites for hydroxylation is 3. The summed E-state index contributed by atoms with van der Waals surface area (Å²) < 4.78 is 11.8. The van der Waals surface area contributed by atoms with E-state index in [2.05, 4.69) is 27.0 Å². The fourth-order valence-electron chi connectivity index (χ4n) is 5.00. The Balaban J connectivity index is 1.41. The van der Waals surface area contributed by atoms with Gasteiger partial charge in [-0.2, -0.15) is 15.3 Å². The molecule has 5 aromatic rings. The molecule has 6 heterocycles. The van der Waals surface area contributed by atoms with Gasteiger partial charge < -0.3 is 15.2 Å². The number of nitrogens with zero attached hydrogens (tertiary/aromatic N) is 9. The fourth-order valence-corrected chi connectivity index (χ4v) is 5.00. The van der Waals surface area contributed by atoms with E-state index in [1.165, 1.54) is 0 Å². The van der Waals surface area contributed by atoms with Crippen LogP contribution >= 0.6 is 0 Å². The zero-order valence-electron chi connectivity index (χ0n) is 23.5. The van der Waals surface area contributed by atoms with E-state index in [-0.39, 0.29) is 6.04 Å². The van der Waals surface area contributed by atoms with Crippen LogP contribution in [-0.4, -0.2) is 61.6 Å². The van der Waals surface area contributed by atoms with Crippen molar-refractivity contribution in [2.45, 2.75) is 65.1 Å². The lowest BCUT2D eigenvalue weighted by atomic mass is 10.1. The third-order valence-electron chi connectivity index (χ3n) is 7.21. The molecular weight excluding hydrogens is 508 g/mol. The van der Waals surface area contributed by atoms with Crippen LogP contribution in [0.15, 0.2) is 36.9 Å². The van der Waals surface area contributed by atoms with Crippen LogP contribution in [-0.2, 0) is 13.6 Å². The first kappa shape index (κ1) is 25.9. The molecule has 0 saturated heterocycles. The largest absolute Gasteiger partial charge is 0.477 e. The van der Waals surface area contributed by atoms with E-state index in [1.54, 1.807) is 23.1 Å². The zero-order chi connectivity index (χ0) is 28.0. The molecule has 40 heavy (non-hydrogen) atoms. The number of aromatic nitrogens is 9. The van der Waals surface area contributed by atoms with Gasteiger partial charge in [0.15, 0.2) is 5.82 Å². The first-order valence-corrected chi connectivity index (χ1v) is 13.6. The summed E-state index contributed by atoms with van der Waals surface area (Å²) in [5, 5.41) is 28.6. The Kier molecular flexibility index (Phi) is 6.49. The number of hydrogen-bond donors (Lipinski definition) is 2. The van der Waals surface area contributed by atoms with Gasteiger partial charge in [0.25, 0.3) is 0 Å². The van der Waals surface area contributed by atoms with E-state index >= 15 is 0 Å². The second-order valence-corrected chi connectivity index (χ2v) is 11.1. The first-order chi connectivity index (χ1) is 19.2.